The minimum atomic E-state index is -0.793. The molecular weight excluding hydrogens is 837 g/mol. The summed E-state index contributed by atoms with van der Waals surface area (Å²) in [5, 5.41) is 9.61. The first-order chi connectivity index (χ1) is 33.6. The van der Waals surface area contributed by atoms with Gasteiger partial charge in [0.05, 0.1) is 6.61 Å². The van der Waals surface area contributed by atoms with Gasteiger partial charge in [-0.15, -0.1) is 0 Å². The molecule has 0 aromatic rings. The van der Waals surface area contributed by atoms with Crippen LogP contribution in [-0.2, 0) is 19.1 Å². The number of hydrogen-bond acceptors (Lipinski definition) is 5. The quantitative estimate of drug-likeness (QED) is 0.0374. The molecule has 0 bridgehead atoms. The van der Waals surface area contributed by atoms with Crippen LogP contribution in [0.15, 0.2) is 146 Å². The van der Waals surface area contributed by atoms with Gasteiger partial charge >= 0.3 is 11.9 Å². The zero-order valence-electron chi connectivity index (χ0n) is 43.6. The normalized spacial score (nSPS) is 13.4. The van der Waals surface area contributed by atoms with Gasteiger partial charge in [0.25, 0.3) is 0 Å². The number of carbonyl (C=O) groups is 2. The summed E-state index contributed by atoms with van der Waals surface area (Å²) in [5.41, 5.74) is 0. The Labute approximate surface area is 418 Å². The van der Waals surface area contributed by atoms with Crippen molar-refractivity contribution in [2.24, 2.45) is 0 Å². The van der Waals surface area contributed by atoms with E-state index in [9.17, 15) is 14.7 Å². The molecule has 0 aromatic heterocycles. The number of ether oxygens (including phenoxy) is 2. The molecule has 0 saturated heterocycles. The zero-order chi connectivity index (χ0) is 49.2. The number of hydrogen-bond donors (Lipinski definition) is 1. The molecule has 0 aromatic carbocycles. The second kappa shape index (κ2) is 57.1. The van der Waals surface area contributed by atoms with Crippen LogP contribution in [0.25, 0.3) is 0 Å². The largest absolute Gasteiger partial charge is 0.462 e. The van der Waals surface area contributed by atoms with Crippen LogP contribution < -0.4 is 0 Å². The van der Waals surface area contributed by atoms with E-state index >= 15 is 0 Å². The van der Waals surface area contributed by atoms with Crippen molar-refractivity contribution in [3.05, 3.63) is 146 Å². The number of aliphatic hydroxyl groups is 1. The number of aliphatic hydroxyl groups excluding tert-OH is 1. The van der Waals surface area contributed by atoms with Gasteiger partial charge in [-0.25, -0.2) is 0 Å². The highest BCUT2D eigenvalue weighted by Crippen LogP contribution is 2.14. The topological polar surface area (TPSA) is 72.8 Å². The van der Waals surface area contributed by atoms with Crippen LogP contribution in [0.2, 0.25) is 0 Å². The van der Waals surface area contributed by atoms with E-state index in [-0.39, 0.29) is 25.2 Å². The second-order valence-corrected chi connectivity index (χ2v) is 17.6. The van der Waals surface area contributed by atoms with Gasteiger partial charge in [-0.1, -0.05) is 250 Å². The number of allylic oxidation sites excluding steroid dienone is 24. The smallest absolute Gasteiger partial charge is 0.306 e. The Bertz CT molecular complexity index is 1480. The Morgan fingerprint density at radius 1 is 0.353 bits per heavy atom. The molecule has 5 heteroatoms. The van der Waals surface area contributed by atoms with Crippen molar-refractivity contribution in [1.29, 1.82) is 0 Å². The number of carbonyl (C=O) groups excluding carboxylic acids is 2. The minimum Gasteiger partial charge on any atom is -0.462 e. The Balaban J connectivity index is 3.68. The highest BCUT2D eigenvalue weighted by Gasteiger charge is 2.16. The van der Waals surface area contributed by atoms with Gasteiger partial charge in [-0.3, -0.25) is 9.59 Å². The fourth-order valence-electron chi connectivity index (χ4n) is 7.06. The van der Waals surface area contributed by atoms with Crippen molar-refractivity contribution in [3.8, 4) is 0 Å². The Morgan fingerprint density at radius 3 is 0.956 bits per heavy atom. The molecule has 0 heterocycles. The van der Waals surface area contributed by atoms with Crippen LogP contribution in [-0.4, -0.2) is 36.4 Å². The molecule has 0 aliphatic rings. The summed E-state index contributed by atoms with van der Waals surface area (Å²) in [5.74, 6) is -0.627. The molecular formula is C63H100O5. The van der Waals surface area contributed by atoms with E-state index < -0.39 is 6.10 Å². The fourth-order valence-corrected chi connectivity index (χ4v) is 7.06. The number of unbranched alkanes of at least 4 members (excludes halogenated alkanes) is 16. The Morgan fingerprint density at radius 2 is 0.632 bits per heavy atom. The van der Waals surface area contributed by atoms with Crippen molar-refractivity contribution in [1.82, 2.24) is 0 Å². The third-order valence-corrected chi connectivity index (χ3v) is 11.1. The van der Waals surface area contributed by atoms with Crippen LogP contribution in [0, 0.1) is 0 Å². The number of rotatable bonds is 48. The van der Waals surface area contributed by atoms with Gasteiger partial charge in [0.1, 0.15) is 6.61 Å². The molecule has 0 radical (unpaired) electrons. The third kappa shape index (κ3) is 54.4. The summed E-state index contributed by atoms with van der Waals surface area (Å²) in [6.45, 7) is 3.99. The molecule has 1 unspecified atom stereocenters. The van der Waals surface area contributed by atoms with Gasteiger partial charge in [-0.2, -0.15) is 0 Å². The lowest BCUT2D eigenvalue weighted by Crippen LogP contribution is -2.28. The van der Waals surface area contributed by atoms with E-state index in [4.69, 9.17) is 9.47 Å². The SMILES string of the molecule is CC/C=C\C/C=C\C/C=C\C/C=C\C/C=C\C/C=C\C/C=C\C/C=C\C/C=C\C/C=C\C/C=C\C/C=C\CCCCCCC(=O)OC(CO)COC(=O)CCCCCCCCCCCCCCC. The highest BCUT2D eigenvalue weighted by molar-refractivity contribution is 5.70. The maximum Gasteiger partial charge on any atom is 0.306 e. The third-order valence-electron chi connectivity index (χ3n) is 11.1. The van der Waals surface area contributed by atoms with E-state index in [2.05, 4.69) is 160 Å². The molecule has 1 N–H and O–H groups in total. The molecule has 0 rings (SSSR count). The molecule has 0 fully saturated rings. The van der Waals surface area contributed by atoms with Crippen molar-refractivity contribution in [2.75, 3.05) is 13.2 Å². The molecule has 68 heavy (non-hydrogen) atoms. The predicted octanol–water partition coefficient (Wildman–Crippen LogP) is 18.6. The van der Waals surface area contributed by atoms with Crippen molar-refractivity contribution >= 4 is 11.9 Å². The molecule has 1 atom stereocenters. The van der Waals surface area contributed by atoms with Crippen molar-refractivity contribution in [3.63, 3.8) is 0 Å². The predicted molar refractivity (Wildman–Crippen MR) is 297 cm³/mol. The molecule has 0 aliphatic heterocycles. The van der Waals surface area contributed by atoms with Crippen LogP contribution in [0.1, 0.15) is 219 Å². The average Bonchev–Trinajstić information content (AvgIpc) is 3.34. The van der Waals surface area contributed by atoms with E-state index in [1.165, 1.54) is 64.2 Å². The molecule has 0 spiro atoms. The Hall–Kier alpha value is -4.22. The molecule has 0 amide bonds. The zero-order valence-corrected chi connectivity index (χ0v) is 43.6. The first-order valence-corrected chi connectivity index (χ1v) is 27.4. The summed E-state index contributed by atoms with van der Waals surface area (Å²) in [6, 6.07) is 0. The van der Waals surface area contributed by atoms with Gasteiger partial charge in [0.2, 0.25) is 0 Å². The summed E-state index contributed by atoms with van der Waals surface area (Å²) < 4.78 is 10.6. The van der Waals surface area contributed by atoms with Crippen LogP contribution >= 0.6 is 0 Å². The van der Waals surface area contributed by atoms with E-state index in [1.807, 2.05) is 0 Å². The maximum absolute atomic E-state index is 12.3. The van der Waals surface area contributed by atoms with E-state index in [0.29, 0.717) is 12.8 Å². The number of esters is 2. The van der Waals surface area contributed by atoms with E-state index in [0.717, 1.165) is 128 Å². The molecule has 5 nitrogen and oxygen atoms in total. The lowest BCUT2D eigenvalue weighted by Gasteiger charge is -2.15. The van der Waals surface area contributed by atoms with Crippen LogP contribution in [0.5, 0.6) is 0 Å². The van der Waals surface area contributed by atoms with Gasteiger partial charge in [0, 0.05) is 12.8 Å². The Kier molecular flexibility index (Phi) is 53.6. The highest BCUT2D eigenvalue weighted by atomic mass is 16.6. The maximum atomic E-state index is 12.3. The monoisotopic (exact) mass is 937 g/mol. The summed E-state index contributed by atoms with van der Waals surface area (Å²) >= 11 is 0. The lowest BCUT2D eigenvalue weighted by atomic mass is 10.0. The molecule has 0 aliphatic carbocycles. The standard InChI is InChI=1S/C63H100O5/c1-3-5-7-9-11-13-15-17-18-19-20-21-22-23-24-25-26-27-28-29-30-31-32-33-34-35-36-37-38-39-40-41-42-43-44-46-48-50-52-54-56-58-63(66)68-61(59-64)60-67-62(65)57-55-53-51-49-47-45-16-14-12-10-8-6-4-2/h5,7,11,13,17-18,20-21,23-24,26-27,29-30,32-33,35-36,38-39,41-42,44,46,61,64H,3-4,6,8-10,12,14-16,19,22,25,28,31,34,37,40,43,45,47-60H2,1-2H3/b7-5-,13-11-,18-17-,21-20-,24-23-,27-26-,30-29-,33-32-,36-35-,39-38-,42-41-,46-44-. The van der Waals surface area contributed by atoms with Gasteiger partial charge in [0.15, 0.2) is 6.10 Å². The fraction of sp³-hybridized carbons (Fsp3) is 0.587. The first-order valence-electron chi connectivity index (χ1n) is 27.4. The van der Waals surface area contributed by atoms with Crippen molar-refractivity contribution in [2.45, 2.75) is 225 Å². The lowest BCUT2D eigenvalue weighted by molar-refractivity contribution is -0.161. The van der Waals surface area contributed by atoms with E-state index in [1.54, 1.807) is 0 Å². The second-order valence-electron chi connectivity index (χ2n) is 17.6. The average molecular weight is 937 g/mol. The van der Waals surface area contributed by atoms with Crippen molar-refractivity contribution < 1.29 is 24.2 Å². The van der Waals surface area contributed by atoms with Gasteiger partial charge < -0.3 is 14.6 Å². The molecule has 0 saturated carbocycles. The van der Waals surface area contributed by atoms with Crippen LogP contribution in [0.4, 0.5) is 0 Å². The summed E-state index contributed by atoms with van der Waals surface area (Å²) in [6.07, 6.45) is 86.7. The summed E-state index contributed by atoms with van der Waals surface area (Å²) in [4.78, 5) is 24.4. The molecule has 382 valence electrons. The first kappa shape index (κ1) is 63.8. The summed E-state index contributed by atoms with van der Waals surface area (Å²) in [7, 11) is 0. The van der Waals surface area contributed by atoms with Crippen LogP contribution in [0.3, 0.4) is 0 Å². The van der Waals surface area contributed by atoms with Gasteiger partial charge in [-0.05, 0) is 103 Å². The minimum absolute atomic E-state index is 0.0822.